The number of benzene rings is 3. The van der Waals surface area contributed by atoms with Gasteiger partial charge in [-0.05, 0) is 42.0 Å². The molecular formula is C25H20O6. The maximum absolute atomic E-state index is 13.1. The summed E-state index contributed by atoms with van der Waals surface area (Å²) in [7, 11) is 1.57. The van der Waals surface area contributed by atoms with Gasteiger partial charge in [-0.2, -0.15) is 0 Å². The Morgan fingerprint density at radius 2 is 1.61 bits per heavy atom. The highest BCUT2D eigenvalue weighted by Crippen LogP contribution is 2.31. The van der Waals surface area contributed by atoms with Crippen molar-refractivity contribution in [2.24, 2.45) is 0 Å². The van der Waals surface area contributed by atoms with Crippen molar-refractivity contribution in [2.75, 3.05) is 13.7 Å². The minimum absolute atomic E-state index is 0.0412. The van der Waals surface area contributed by atoms with Crippen LogP contribution < -0.4 is 14.9 Å². The molecule has 0 N–H and O–H groups in total. The van der Waals surface area contributed by atoms with Crippen LogP contribution in [0.3, 0.4) is 0 Å². The molecule has 0 unspecified atom stereocenters. The largest absolute Gasteiger partial charge is 0.497 e. The second-order valence-electron chi connectivity index (χ2n) is 6.75. The molecule has 0 bridgehead atoms. The van der Waals surface area contributed by atoms with E-state index in [-0.39, 0.29) is 23.5 Å². The first-order valence-corrected chi connectivity index (χ1v) is 9.68. The quantitative estimate of drug-likeness (QED) is 0.410. The zero-order valence-electron chi connectivity index (χ0n) is 16.9. The average Bonchev–Trinajstić information content (AvgIpc) is 2.83. The molecule has 1 aromatic heterocycles. The monoisotopic (exact) mass is 416 g/mol. The van der Waals surface area contributed by atoms with Crippen LogP contribution in [-0.4, -0.2) is 19.7 Å². The fourth-order valence-electron chi connectivity index (χ4n) is 3.10. The van der Waals surface area contributed by atoms with Gasteiger partial charge >= 0.3 is 5.97 Å². The lowest BCUT2D eigenvalue weighted by molar-refractivity contribution is -0.147. The van der Waals surface area contributed by atoms with Gasteiger partial charge in [-0.3, -0.25) is 4.79 Å². The van der Waals surface area contributed by atoms with Gasteiger partial charge in [-0.1, -0.05) is 42.5 Å². The van der Waals surface area contributed by atoms with Gasteiger partial charge in [0.15, 0.2) is 12.4 Å². The minimum Gasteiger partial charge on any atom is -0.497 e. The van der Waals surface area contributed by atoms with E-state index in [1.54, 1.807) is 55.6 Å². The first-order chi connectivity index (χ1) is 15.2. The lowest BCUT2D eigenvalue weighted by Crippen LogP contribution is -2.18. The second kappa shape index (κ2) is 9.17. The molecule has 0 radical (unpaired) electrons. The number of rotatable bonds is 7. The van der Waals surface area contributed by atoms with E-state index >= 15 is 0 Å². The van der Waals surface area contributed by atoms with Crippen LogP contribution in [0.25, 0.3) is 22.3 Å². The Labute approximate surface area is 178 Å². The fraction of sp³-hybridized carbons (Fsp3) is 0.120. The normalized spacial score (nSPS) is 10.6. The topological polar surface area (TPSA) is 75.0 Å². The van der Waals surface area contributed by atoms with E-state index in [2.05, 4.69) is 0 Å². The van der Waals surface area contributed by atoms with Crippen LogP contribution in [0, 0.1) is 0 Å². The summed E-state index contributed by atoms with van der Waals surface area (Å²) in [6, 6.07) is 23.2. The predicted octanol–water partition coefficient (Wildman–Crippen LogP) is 4.59. The Balaban J connectivity index is 1.61. The Kier molecular flexibility index (Phi) is 5.98. The summed E-state index contributed by atoms with van der Waals surface area (Å²) in [4.78, 5) is 25.3. The van der Waals surface area contributed by atoms with Crippen molar-refractivity contribution in [2.45, 2.75) is 6.61 Å². The van der Waals surface area contributed by atoms with Crippen molar-refractivity contribution in [1.82, 2.24) is 0 Å². The molecule has 0 aliphatic rings. The van der Waals surface area contributed by atoms with E-state index in [0.717, 1.165) is 5.56 Å². The summed E-state index contributed by atoms with van der Waals surface area (Å²) in [5.74, 6) is 0.277. The second-order valence-corrected chi connectivity index (χ2v) is 6.75. The first-order valence-electron chi connectivity index (χ1n) is 9.68. The third-order valence-electron chi connectivity index (χ3n) is 4.69. The lowest BCUT2D eigenvalue weighted by atomic mass is 10.1. The summed E-state index contributed by atoms with van der Waals surface area (Å²) >= 11 is 0. The van der Waals surface area contributed by atoms with Crippen LogP contribution in [0.4, 0.5) is 0 Å². The fourth-order valence-corrected chi connectivity index (χ4v) is 3.10. The molecule has 156 valence electrons. The number of carbonyl (C=O) groups is 1. The van der Waals surface area contributed by atoms with Gasteiger partial charge in [-0.25, -0.2) is 4.79 Å². The number of methoxy groups -OCH3 is 1. The third kappa shape index (κ3) is 4.59. The molecule has 0 aliphatic carbocycles. The highest BCUT2D eigenvalue weighted by molar-refractivity contribution is 5.82. The van der Waals surface area contributed by atoms with Gasteiger partial charge in [-0.15, -0.1) is 0 Å². The summed E-state index contributed by atoms with van der Waals surface area (Å²) in [6.07, 6.45) is 0. The first kappa shape index (κ1) is 20.2. The van der Waals surface area contributed by atoms with Gasteiger partial charge < -0.3 is 18.6 Å². The zero-order valence-corrected chi connectivity index (χ0v) is 16.9. The number of ether oxygens (including phenoxy) is 3. The molecule has 0 spiro atoms. The molecule has 0 atom stereocenters. The van der Waals surface area contributed by atoms with Crippen molar-refractivity contribution >= 4 is 16.9 Å². The van der Waals surface area contributed by atoms with Crippen molar-refractivity contribution in [3.8, 4) is 22.8 Å². The van der Waals surface area contributed by atoms with Gasteiger partial charge in [0, 0.05) is 5.56 Å². The Hall–Kier alpha value is -4.06. The lowest BCUT2D eigenvalue weighted by Gasteiger charge is -2.12. The van der Waals surface area contributed by atoms with Gasteiger partial charge in [0.2, 0.25) is 11.2 Å². The van der Waals surface area contributed by atoms with E-state index in [4.69, 9.17) is 18.6 Å². The van der Waals surface area contributed by atoms with Crippen molar-refractivity contribution < 1.29 is 23.4 Å². The number of carbonyl (C=O) groups excluding carboxylic acids is 1. The van der Waals surface area contributed by atoms with Gasteiger partial charge in [0.25, 0.3) is 0 Å². The van der Waals surface area contributed by atoms with E-state index in [1.165, 1.54) is 0 Å². The highest BCUT2D eigenvalue weighted by atomic mass is 16.6. The molecule has 0 fully saturated rings. The summed E-state index contributed by atoms with van der Waals surface area (Å²) < 4.78 is 22.0. The van der Waals surface area contributed by atoms with Crippen LogP contribution >= 0.6 is 0 Å². The van der Waals surface area contributed by atoms with E-state index < -0.39 is 12.6 Å². The van der Waals surface area contributed by atoms with Crippen LogP contribution in [0.5, 0.6) is 11.5 Å². The third-order valence-corrected chi connectivity index (χ3v) is 4.69. The molecule has 6 heteroatoms. The number of hydrogen-bond donors (Lipinski definition) is 0. The molecule has 0 saturated carbocycles. The molecule has 4 aromatic rings. The molecule has 0 amide bonds. The minimum atomic E-state index is -0.586. The smallest absolute Gasteiger partial charge is 0.344 e. The predicted molar refractivity (Wildman–Crippen MR) is 116 cm³/mol. The summed E-state index contributed by atoms with van der Waals surface area (Å²) in [5.41, 5.74) is 1.55. The average molecular weight is 416 g/mol. The number of para-hydroxylation sites is 1. The Morgan fingerprint density at radius 3 is 2.35 bits per heavy atom. The molecule has 0 saturated heterocycles. The van der Waals surface area contributed by atoms with Crippen LogP contribution in [0.1, 0.15) is 5.56 Å². The Bertz CT molecular complexity index is 1240. The van der Waals surface area contributed by atoms with Crippen LogP contribution in [0.15, 0.2) is 88.1 Å². The molecule has 6 nitrogen and oxygen atoms in total. The maximum atomic E-state index is 13.1. The molecular weight excluding hydrogens is 396 g/mol. The van der Waals surface area contributed by atoms with E-state index in [0.29, 0.717) is 22.3 Å². The Morgan fingerprint density at radius 1 is 0.903 bits per heavy atom. The van der Waals surface area contributed by atoms with E-state index in [9.17, 15) is 9.59 Å². The van der Waals surface area contributed by atoms with Crippen LogP contribution in [0.2, 0.25) is 0 Å². The SMILES string of the molecule is COc1ccc(-c2oc3ccccc3c(=O)c2OCC(=O)OCc2ccccc2)cc1. The molecule has 0 aliphatic heterocycles. The zero-order chi connectivity index (χ0) is 21.6. The molecule has 1 heterocycles. The summed E-state index contributed by atoms with van der Waals surface area (Å²) in [6.45, 7) is -0.292. The number of fused-ring (bicyclic) bond motifs is 1. The molecule has 3 aromatic carbocycles. The van der Waals surface area contributed by atoms with Crippen molar-refractivity contribution in [3.05, 3.63) is 94.6 Å². The standard InChI is InChI=1S/C25H20O6/c1-28-19-13-11-18(12-14-19)24-25(23(27)20-9-5-6-10-21(20)31-24)30-16-22(26)29-15-17-7-3-2-4-8-17/h2-14H,15-16H2,1H3. The van der Waals surface area contributed by atoms with Crippen molar-refractivity contribution in [1.29, 1.82) is 0 Å². The number of hydrogen-bond acceptors (Lipinski definition) is 6. The van der Waals surface area contributed by atoms with Crippen molar-refractivity contribution in [3.63, 3.8) is 0 Å². The van der Waals surface area contributed by atoms with Gasteiger partial charge in [0.05, 0.1) is 12.5 Å². The van der Waals surface area contributed by atoms with Gasteiger partial charge in [0.1, 0.15) is 17.9 Å². The highest BCUT2D eigenvalue weighted by Gasteiger charge is 2.19. The van der Waals surface area contributed by atoms with Crippen LogP contribution in [-0.2, 0) is 16.1 Å². The summed E-state index contributed by atoms with van der Waals surface area (Å²) in [5, 5.41) is 0.368. The molecule has 4 rings (SSSR count). The maximum Gasteiger partial charge on any atom is 0.344 e. The molecule has 31 heavy (non-hydrogen) atoms. The van der Waals surface area contributed by atoms with E-state index in [1.807, 2.05) is 30.3 Å². The number of esters is 1.